The van der Waals surface area contributed by atoms with Crippen LogP contribution in [0.5, 0.6) is 5.75 Å². The number of aromatic hydroxyl groups is 1. The van der Waals surface area contributed by atoms with E-state index >= 15 is 0 Å². The molecule has 0 bridgehead atoms. The lowest BCUT2D eigenvalue weighted by molar-refractivity contribution is -0.147. The first-order valence-electron chi connectivity index (χ1n) is 5.49. The minimum absolute atomic E-state index is 0.0948. The SMILES string of the molecule is Cc1ccc(C(=O)N(C)C(C)(C)C(=O)O)c(O)c1. The molecule has 1 aromatic rings. The van der Waals surface area contributed by atoms with Gasteiger partial charge in [-0.05, 0) is 38.5 Å². The van der Waals surface area contributed by atoms with Gasteiger partial charge in [-0.1, -0.05) is 6.07 Å². The number of hydrogen-bond acceptors (Lipinski definition) is 3. The minimum atomic E-state index is -1.34. The number of phenols is 1. The Morgan fingerprint density at radius 3 is 2.28 bits per heavy atom. The number of likely N-dealkylation sites (N-methyl/N-ethyl adjacent to an activating group) is 1. The third-order valence-corrected chi connectivity index (χ3v) is 3.05. The van der Waals surface area contributed by atoms with E-state index in [0.29, 0.717) is 0 Å². The fourth-order valence-electron chi connectivity index (χ4n) is 1.40. The van der Waals surface area contributed by atoms with Gasteiger partial charge >= 0.3 is 5.97 Å². The van der Waals surface area contributed by atoms with E-state index in [9.17, 15) is 14.7 Å². The predicted molar refractivity (Wildman–Crippen MR) is 66.7 cm³/mol. The molecule has 18 heavy (non-hydrogen) atoms. The molecule has 5 nitrogen and oxygen atoms in total. The average molecular weight is 251 g/mol. The molecule has 0 heterocycles. The number of amides is 1. The number of aliphatic carboxylic acids is 1. The van der Waals surface area contributed by atoms with Crippen molar-refractivity contribution in [1.82, 2.24) is 4.90 Å². The molecule has 0 saturated heterocycles. The monoisotopic (exact) mass is 251 g/mol. The van der Waals surface area contributed by atoms with Gasteiger partial charge in [-0.2, -0.15) is 0 Å². The Morgan fingerprint density at radius 2 is 1.83 bits per heavy atom. The summed E-state index contributed by atoms with van der Waals surface area (Å²) in [4.78, 5) is 24.3. The number of nitrogens with zero attached hydrogens (tertiary/aromatic N) is 1. The van der Waals surface area contributed by atoms with Crippen LogP contribution >= 0.6 is 0 Å². The van der Waals surface area contributed by atoms with Gasteiger partial charge in [-0.25, -0.2) is 4.79 Å². The van der Waals surface area contributed by atoms with Crippen molar-refractivity contribution in [1.29, 1.82) is 0 Å². The van der Waals surface area contributed by atoms with Crippen LogP contribution in [0.25, 0.3) is 0 Å². The lowest BCUT2D eigenvalue weighted by Gasteiger charge is -2.31. The maximum absolute atomic E-state index is 12.1. The molecule has 0 aliphatic heterocycles. The summed E-state index contributed by atoms with van der Waals surface area (Å²) in [5.41, 5.74) is -0.421. The molecule has 0 atom stereocenters. The second-order valence-corrected chi connectivity index (χ2v) is 4.75. The fourth-order valence-corrected chi connectivity index (χ4v) is 1.40. The smallest absolute Gasteiger partial charge is 0.329 e. The van der Waals surface area contributed by atoms with Crippen LogP contribution in [0.1, 0.15) is 29.8 Å². The number of carboxylic acids is 1. The summed E-state index contributed by atoms with van der Waals surface area (Å²) in [5.74, 6) is -1.78. The zero-order chi connectivity index (χ0) is 14.1. The zero-order valence-corrected chi connectivity index (χ0v) is 10.9. The van der Waals surface area contributed by atoms with Gasteiger partial charge in [0.05, 0.1) is 5.56 Å². The summed E-state index contributed by atoms with van der Waals surface area (Å²) in [6, 6.07) is 4.64. The second-order valence-electron chi connectivity index (χ2n) is 4.75. The van der Waals surface area contributed by atoms with E-state index in [4.69, 9.17) is 5.11 Å². The number of rotatable bonds is 3. The van der Waals surface area contributed by atoms with Crippen LogP contribution in [0.15, 0.2) is 18.2 Å². The van der Waals surface area contributed by atoms with Crippen molar-refractivity contribution in [2.24, 2.45) is 0 Å². The molecule has 5 heteroatoms. The molecule has 98 valence electrons. The molecule has 1 amide bonds. The average Bonchev–Trinajstić information content (AvgIpc) is 2.26. The normalized spacial score (nSPS) is 11.1. The van der Waals surface area contributed by atoms with E-state index in [1.54, 1.807) is 13.0 Å². The minimum Gasteiger partial charge on any atom is -0.507 e. The highest BCUT2D eigenvalue weighted by atomic mass is 16.4. The third-order valence-electron chi connectivity index (χ3n) is 3.05. The van der Waals surface area contributed by atoms with E-state index in [1.807, 2.05) is 0 Å². The summed E-state index contributed by atoms with van der Waals surface area (Å²) in [6.07, 6.45) is 0. The molecule has 0 radical (unpaired) electrons. The van der Waals surface area contributed by atoms with Gasteiger partial charge in [-0.3, -0.25) is 4.79 Å². The van der Waals surface area contributed by atoms with Crippen molar-refractivity contribution in [3.8, 4) is 5.75 Å². The largest absolute Gasteiger partial charge is 0.507 e. The lowest BCUT2D eigenvalue weighted by Crippen LogP contribution is -2.50. The highest BCUT2D eigenvalue weighted by Gasteiger charge is 2.36. The maximum atomic E-state index is 12.1. The molecule has 0 saturated carbocycles. The topological polar surface area (TPSA) is 77.8 Å². The Hall–Kier alpha value is -2.04. The van der Waals surface area contributed by atoms with Crippen LogP contribution in [0.4, 0.5) is 0 Å². The van der Waals surface area contributed by atoms with Gasteiger partial charge in [-0.15, -0.1) is 0 Å². The first-order valence-corrected chi connectivity index (χ1v) is 5.49. The summed E-state index contributed by atoms with van der Waals surface area (Å²) in [6.45, 7) is 4.65. The number of phenolic OH excluding ortho intramolecular Hbond substituents is 1. The molecule has 0 spiro atoms. The molecule has 0 fully saturated rings. The van der Waals surface area contributed by atoms with Crippen LogP contribution < -0.4 is 0 Å². The van der Waals surface area contributed by atoms with E-state index in [0.717, 1.165) is 10.5 Å². The number of hydrogen-bond donors (Lipinski definition) is 2. The van der Waals surface area contributed by atoms with Crippen LogP contribution in [0.2, 0.25) is 0 Å². The highest BCUT2D eigenvalue weighted by molar-refractivity contribution is 5.99. The second kappa shape index (κ2) is 4.68. The van der Waals surface area contributed by atoms with Crippen molar-refractivity contribution >= 4 is 11.9 Å². The standard InChI is InChI=1S/C13H17NO4/c1-8-5-6-9(10(15)7-8)11(16)14(4)13(2,3)12(17)18/h5-7,15H,1-4H3,(H,17,18). The van der Waals surface area contributed by atoms with Gasteiger partial charge in [0, 0.05) is 7.05 Å². The van der Waals surface area contributed by atoms with E-state index in [1.165, 1.54) is 33.0 Å². The van der Waals surface area contributed by atoms with Crippen molar-refractivity contribution in [2.45, 2.75) is 26.3 Å². The fraction of sp³-hybridized carbons (Fsp3) is 0.385. The molecule has 1 rings (SSSR count). The van der Waals surface area contributed by atoms with Crippen molar-refractivity contribution in [3.63, 3.8) is 0 Å². The zero-order valence-electron chi connectivity index (χ0n) is 10.9. The molecular formula is C13H17NO4. The number of aryl methyl sites for hydroxylation is 1. The molecule has 0 aliphatic carbocycles. The molecule has 0 unspecified atom stereocenters. The first-order chi connectivity index (χ1) is 8.17. The Bertz CT molecular complexity index is 494. The van der Waals surface area contributed by atoms with Crippen LogP contribution in [0, 0.1) is 6.92 Å². The van der Waals surface area contributed by atoms with Gasteiger partial charge in [0.15, 0.2) is 0 Å². The number of carboxylic acid groups (broad SMARTS) is 1. The Morgan fingerprint density at radius 1 is 1.28 bits per heavy atom. The van der Waals surface area contributed by atoms with Crippen LogP contribution in [0.3, 0.4) is 0 Å². The lowest BCUT2D eigenvalue weighted by atomic mass is 10.0. The quantitative estimate of drug-likeness (QED) is 0.856. The summed E-state index contributed by atoms with van der Waals surface area (Å²) in [5, 5.41) is 18.8. The molecule has 0 aromatic heterocycles. The summed E-state index contributed by atoms with van der Waals surface area (Å²) < 4.78 is 0. The van der Waals surface area contributed by atoms with Gasteiger partial charge in [0.2, 0.25) is 0 Å². The number of carbonyl (C=O) groups is 2. The van der Waals surface area contributed by atoms with Crippen LogP contribution in [-0.2, 0) is 4.79 Å². The maximum Gasteiger partial charge on any atom is 0.329 e. The summed E-state index contributed by atoms with van der Waals surface area (Å²) in [7, 11) is 1.40. The first kappa shape index (κ1) is 14.0. The van der Waals surface area contributed by atoms with E-state index in [2.05, 4.69) is 0 Å². The summed E-state index contributed by atoms with van der Waals surface area (Å²) >= 11 is 0. The van der Waals surface area contributed by atoms with Gasteiger partial charge < -0.3 is 15.1 Å². The Labute approximate surface area is 106 Å². The van der Waals surface area contributed by atoms with E-state index < -0.39 is 17.4 Å². The number of carbonyl (C=O) groups excluding carboxylic acids is 1. The Kier molecular flexibility index (Phi) is 3.65. The third kappa shape index (κ3) is 2.45. The molecule has 0 aliphatic rings. The Balaban J connectivity index is 3.11. The van der Waals surface area contributed by atoms with Crippen LogP contribution in [-0.4, -0.2) is 39.6 Å². The van der Waals surface area contributed by atoms with Crippen molar-refractivity contribution in [2.75, 3.05) is 7.05 Å². The predicted octanol–water partition coefficient (Wildman–Crippen LogP) is 1.64. The highest BCUT2D eigenvalue weighted by Crippen LogP contribution is 2.23. The molecular weight excluding hydrogens is 234 g/mol. The molecule has 1 aromatic carbocycles. The van der Waals surface area contributed by atoms with Gasteiger partial charge in [0.25, 0.3) is 5.91 Å². The van der Waals surface area contributed by atoms with Crippen molar-refractivity contribution < 1.29 is 19.8 Å². The van der Waals surface area contributed by atoms with Gasteiger partial charge in [0.1, 0.15) is 11.3 Å². The van der Waals surface area contributed by atoms with Crippen molar-refractivity contribution in [3.05, 3.63) is 29.3 Å². The van der Waals surface area contributed by atoms with E-state index in [-0.39, 0.29) is 11.3 Å². The number of benzene rings is 1. The molecule has 2 N–H and O–H groups in total.